The van der Waals surface area contributed by atoms with Crippen LogP contribution >= 0.6 is 0 Å². The molecule has 0 saturated heterocycles. The van der Waals surface area contributed by atoms with Gasteiger partial charge in [-0.3, -0.25) is 0 Å². The molecule has 0 saturated carbocycles. The van der Waals surface area contributed by atoms with Crippen molar-refractivity contribution in [2.24, 2.45) is 4.99 Å². The third-order valence-corrected chi connectivity index (χ3v) is 4.05. The second kappa shape index (κ2) is 6.24. The van der Waals surface area contributed by atoms with E-state index in [0.29, 0.717) is 11.6 Å². The molecule has 1 N–H and O–H groups in total. The lowest BCUT2D eigenvalue weighted by Gasteiger charge is -1.94. The van der Waals surface area contributed by atoms with Crippen LogP contribution in [0.5, 0.6) is 0 Å². The number of carbonyl (C=O) groups is 1. The molecule has 4 heteroatoms. The fourth-order valence-electron chi connectivity index (χ4n) is 2.70. The molecule has 0 amide bonds. The minimum atomic E-state index is -0.436. The van der Waals surface area contributed by atoms with E-state index >= 15 is 0 Å². The van der Waals surface area contributed by atoms with Gasteiger partial charge in [-0.2, -0.15) is 0 Å². The fraction of sp³-hybridized carbons (Fsp3) is 0.0476. The lowest BCUT2D eigenvalue weighted by molar-refractivity contribution is -0.129. The van der Waals surface area contributed by atoms with E-state index in [0.717, 1.165) is 22.0 Å². The van der Waals surface area contributed by atoms with Crippen LogP contribution in [0, 0.1) is 6.92 Å². The van der Waals surface area contributed by atoms with Crippen molar-refractivity contribution < 1.29 is 9.53 Å². The van der Waals surface area contributed by atoms with Crippen LogP contribution in [0.25, 0.3) is 23.1 Å². The van der Waals surface area contributed by atoms with Crippen molar-refractivity contribution >= 4 is 34.9 Å². The van der Waals surface area contributed by atoms with Gasteiger partial charge in [0.15, 0.2) is 5.70 Å². The number of hydrogen-bond acceptors (Lipinski definition) is 3. The van der Waals surface area contributed by atoms with Crippen molar-refractivity contribution in [2.75, 3.05) is 0 Å². The first-order valence-corrected chi connectivity index (χ1v) is 8.02. The molecule has 3 aromatic rings. The summed E-state index contributed by atoms with van der Waals surface area (Å²) in [5, 5.41) is 1.04. The van der Waals surface area contributed by atoms with Gasteiger partial charge in [0.05, 0.1) is 0 Å². The molecule has 1 aliphatic heterocycles. The number of hydrogen-bond donors (Lipinski definition) is 1. The third kappa shape index (κ3) is 3.15. The van der Waals surface area contributed by atoms with Crippen molar-refractivity contribution in [3.63, 3.8) is 0 Å². The minimum Gasteiger partial charge on any atom is -0.403 e. The highest BCUT2D eigenvalue weighted by Crippen LogP contribution is 2.23. The quantitative estimate of drug-likeness (QED) is 0.569. The molecule has 0 aliphatic carbocycles. The lowest BCUT2D eigenvalue weighted by atomic mass is 10.1. The Bertz CT molecular complexity index is 1040. The number of nitrogens with zero attached hydrogens (tertiary/aromatic N) is 1. The SMILES string of the molecule is Cc1ccc(C=CC2=NC(=Cc3c[nH]c4ccccc34)C(=O)O2)cc1. The van der Waals surface area contributed by atoms with Gasteiger partial charge in [-0.1, -0.05) is 48.0 Å². The fourth-order valence-corrected chi connectivity index (χ4v) is 2.70. The maximum absolute atomic E-state index is 12.1. The Kier molecular flexibility index (Phi) is 3.78. The van der Waals surface area contributed by atoms with Gasteiger partial charge in [0.2, 0.25) is 5.90 Å². The van der Waals surface area contributed by atoms with Gasteiger partial charge in [-0.05, 0) is 30.7 Å². The van der Waals surface area contributed by atoms with Gasteiger partial charge in [0.25, 0.3) is 0 Å². The van der Waals surface area contributed by atoms with Gasteiger partial charge < -0.3 is 9.72 Å². The largest absolute Gasteiger partial charge is 0.403 e. The van der Waals surface area contributed by atoms with Crippen molar-refractivity contribution in [3.05, 3.63) is 83.2 Å². The number of rotatable bonds is 3. The summed E-state index contributed by atoms with van der Waals surface area (Å²) in [5.41, 5.74) is 4.46. The van der Waals surface area contributed by atoms with Crippen LogP contribution in [-0.2, 0) is 9.53 Å². The maximum atomic E-state index is 12.1. The topological polar surface area (TPSA) is 54.5 Å². The number of ether oxygens (including phenoxy) is 1. The molecule has 2 heterocycles. The summed E-state index contributed by atoms with van der Waals surface area (Å²) in [6.45, 7) is 2.04. The van der Waals surface area contributed by atoms with Gasteiger partial charge in [0.1, 0.15) is 0 Å². The normalized spacial score (nSPS) is 16.0. The molecular formula is C21H16N2O2. The molecule has 1 aromatic heterocycles. The molecule has 25 heavy (non-hydrogen) atoms. The Morgan fingerprint density at radius 1 is 1.04 bits per heavy atom. The van der Waals surface area contributed by atoms with Crippen molar-refractivity contribution in [1.29, 1.82) is 0 Å². The van der Waals surface area contributed by atoms with Gasteiger partial charge in [-0.15, -0.1) is 0 Å². The highest BCUT2D eigenvalue weighted by molar-refractivity contribution is 6.12. The number of benzene rings is 2. The Morgan fingerprint density at radius 3 is 2.68 bits per heavy atom. The molecule has 0 radical (unpaired) electrons. The first-order chi connectivity index (χ1) is 12.2. The number of H-pyrrole nitrogens is 1. The average molecular weight is 328 g/mol. The molecule has 0 fully saturated rings. The van der Waals surface area contributed by atoms with Crippen LogP contribution < -0.4 is 0 Å². The monoisotopic (exact) mass is 328 g/mol. The third-order valence-electron chi connectivity index (χ3n) is 4.05. The van der Waals surface area contributed by atoms with E-state index in [9.17, 15) is 4.79 Å². The molecule has 4 rings (SSSR count). The zero-order valence-corrected chi connectivity index (χ0v) is 13.7. The number of cyclic esters (lactones) is 1. The summed E-state index contributed by atoms with van der Waals surface area (Å²) in [7, 11) is 0. The van der Waals surface area contributed by atoms with Crippen LogP contribution in [0.3, 0.4) is 0 Å². The number of aliphatic imine (C=N–C) groups is 1. The molecule has 4 nitrogen and oxygen atoms in total. The second-order valence-corrected chi connectivity index (χ2v) is 5.90. The zero-order valence-electron chi connectivity index (χ0n) is 13.7. The van der Waals surface area contributed by atoms with Crippen LogP contribution in [-0.4, -0.2) is 16.9 Å². The average Bonchev–Trinajstić information content (AvgIpc) is 3.19. The summed E-state index contributed by atoms with van der Waals surface area (Å²) in [6.07, 6.45) is 7.19. The lowest BCUT2D eigenvalue weighted by Crippen LogP contribution is -2.01. The van der Waals surface area contributed by atoms with Gasteiger partial charge >= 0.3 is 5.97 Å². The Hall–Kier alpha value is -3.40. The van der Waals surface area contributed by atoms with Crippen molar-refractivity contribution in [3.8, 4) is 0 Å². The number of aromatic amines is 1. The van der Waals surface area contributed by atoms with E-state index < -0.39 is 5.97 Å². The van der Waals surface area contributed by atoms with Crippen molar-refractivity contribution in [2.45, 2.75) is 6.92 Å². The summed E-state index contributed by atoms with van der Waals surface area (Å²) in [4.78, 5) is 19.5. The number of esters is 1. The van der Waals surface area contributed by atoms with Crippen LogP contribution in [0.1, 0.15) is 16.7 Å². The zero-order chi connectivity index (χ0) is 17.2. The van der Waals surface area contributed by atoms with E-state index in [1.807, 2.05) is 67.7 Å². The summed E-state index contributed by atoms with van der Waals surface area (Å²) in [5.74, 6) is -0.134. The van der Waals surface area contributed by atoms with Crippen molar-refractivity contribution in [1.82, 2.24) is 4.98 Å². The van der Waals surface area contributed by atoms with Crippen LogP contribution in [0.4, 0.5) is 0 Å². The summed E-state index contributed by atoms with van der Waals surface area (Å²) in [6, 6.07) is 16.0. The highest BCUT2D eigenvalue weighted by Gasteiger charge is 2.21. The summed E-state index contributed by atoms with van der Waals surface area (Å²) < 4.78 is 5.23. The van der Waals surface area contributed by atoms with Crippen LogP contribution in [0.15, 0.2) is 71.5 Å². The number of para-hydroxylation sites is 1. The molecule has 0 bridgehead atoms. The number of nitrogens with one attached hydrogen (secondary N) is 1. The maximum Gasteiger partial charge on any atom is 0.363 e. The Balaban J connectivity index is 1.60. The minimum absolute atomic E-state index is 0.299. The first-order valence-electron chi connectivity index (χ1n) is 8.02. The Labute approximate surface area is 145 Å². The van der Waals surface area contributed by atoms with E-state index in [4.69, 9.17) is 4.74 Å². The molecular weight excluding hydrogens is 312 g/mol. The molecule has 0 unspecified atom stereocenters. The molecule has 1 aliphatic rings. The van der Waals surface area contributed by atoms with E-state index in [1.165, 1.54) is 5.56 Å². The van der Waals surface area contributed by atoms with E-state index in [2.05, 4.69) is 9.98 Å². The molecule has 0 atom stereocenters. The second-order valence-electron chi connectivity index (χ2n) is 5.90. The number of aryl methyl sites for hydroxylation is 1. The van der Waals surface area contributed by atoms with Crippen LogP contribution in [0.2, 0.25) is 0 Å². The number of carbonyl (C=O) groups excluding carboxylic acids is 1. The Morgan fingerprint density at radius 2 is 1.84 bits per heavy atom. The molecule has 2 aromatic carbocycles. The standard InChI is InChI=1S/C21H16N2O2/c1-14-6-8-15(9-7-14)10-11-20-23-19(21(24)25-20)12-16-13-22-18-5-3-2-4-17(16)18/h2-13,22H,1H3. The predicted molar refractivity (Wildman–Crippen MR) is 100 cm³/mol. The molecule has 0 spiro atoms. The van der Waals surface area contributed by atoms with Gasteiger partial charge in [0, 0.05) is 28.7 Å². The van der Waals surface area contributed by atoms with E-state index in [1.54, 1.807) is 12.2 Å². The first kappa shape index (κ1) is 15.1. The smallest absolute Gasteiger partial charge is 0.363 e. The highest BCUT2D eigenvalue weighted by atomic mass is 16.6. The molecule has 122 valence electrons. The summed E-state index contributed by atoms with van der Waals surface area (Å²) >= 11 is 0. The number of aromatic nitrogens is 1. The predicted octanol–water partition coefficient (Wildman–Crippen LogP) is 4.49. The van der Waals surface area contributed by atoms with Gasteiger partial charge in [-0.25, -0.2) is 9.79 Å². The number of fused-ring (bicyclic) bond motifs is 1. The van der Waals surface area contributed by atoms with E-state index in [-0.39, 0.29) is 0 Å².